The maximum Gasteiger partial charge on any atom is 0.239 e. The van der Waals surface area contributed by atoms with Crippen LogP contribution in [0.2, 0.25) is 0 Å². The maximum atomic E-state index is 11.6. The molecule has 1 aromatic carbocycles. The van der Waals surface area contributed by atoms with E-state index in [0.29, 0.717) is 11.7 Å². The first-order valence-electron chi connectivity index (χ1n) is 5.98. The van der Waals surface area contributed by atoms with Crippen molar-refractivity contribution in [3.8, 4) is 0 Å². The molecule has 6 nitrogen and oxygen atoms in total. The van der Waals surface area contributed by atoms with Gasteiger partial charge in [0.15, 0.2) is 0 Å². The molecule has 1 aromatic heterocycles. The van der Waals surface area contributed by atoms with Crippen molar-refractivity contribution in [1.29, 1.82) is 0 Å². The van der Waals surface area contributed by atoms with Gasteiger partial charge in [-0.15, -0.1) is 0 Å². The Bertz CT molecular complexity index is 587. The number of fused-ring (bicyclic) bond motifs is 1. The molecule has 1 saturated carbocycles. The zero-order valence-corrected chi connectivity index (χ0v) is 9.86. The lowest BCUT2D eigenvalue weighted by Gasteiger charge is -2.09. The number of aromatic nitrogens is 2. The number of nitrogens with two attached hydrogens (primary N) is 1. The number of hydrogen-bond donors (Lipinski definition) is 4. The van der Waals surface area contributed by atoms with E-state index in [1.165, 1.54) is 0 Å². The van der Waals surface area contributed by atoms with Crippen molar-refractivity contribution in [3.05, 3.63) is 18.3 Å². The third-order valence-corrected chi connectivity index (χ3v) is 2.99. The molecule has 6 heteroatoms. The van der Waals surface area contributed by atoms with Gasteiger partial charge in [-0.05, 0) is 25.0 Å². The zero-order chi connectivity index (χ0) is 12.5. The SMILES string of the molecule is Nc1cc2cn[nH]c2cc1NCC(=O)NC1CC1. The predicted molar refractivity (Wildman–Crippen MR) is 70.2 cm³/mol. The van der Waals surface area contributed by atoms with Gasteiger partial charge in [-0.25, -0.2) is 0 Å². The van der Waals surface area contributed by atoms with Gasteiger partial charge >= 0.3 is 0 Å². The van der Waals surface area contributed by atoms with Gasteiger partial charge in [-0.3, -0.25) is 9.89 Å². The zero-order valence-electron chi connectivity index (χ0n) is 9.86. The molecule has 94 valence electrons. The summed E-state index contributed by atoms with van der Waals surface area (Å²) in [4.78, 5) is 11.6. The average molecular weight is 245 g/mol. The van der Waals surface area contributed by atoms with E-state index in [9.17, 15) is 4.79 Å². The van der Waals surface area contributed by atoms with E-state index in [4.69, 9.17) is 5.73 Å². The van der Waals surface area contributed by atoms with Crippen molar-refractivity contribution in [2.24, 2.45) is 0 Å². The van der Waals surface area contributed by atoms with Crippen LogP contribution in [0.1, 0.15) is 12.8 Å². The molecule has 0 unspecified atom stereocenters. The molecule has 1 amide bonds. The molecule has 1 heterocycles. The molecule has 0 aliphatic heterocycles. The number of rotatable bonds is 4. The number of anilines is 2. The molecule has 0 saturated heterocycles. The molecule has 0 spiro atoms. The van der Waals surface area contributed by atoms with Crippen LogP contribution in [0.5, 0.6) is 0 Å². The molecule has 3 rings (SSSR count). The Morgan fingerprint density at radius 3 is 3.11 bits per heavy atom. The van der Waals surface area contributed by atoms with Gasteiger partial charge in [0.25, 0.3) is 0 Å². The van der Waals surface area contributed by atoms with Crippen LogP contribution in [0, 0.1) is 0 Å². The van der Waals surface area contributed by atoms with Gasteiger partial charge in [0, 0.05) is 11.4 Å². The molecular formula is C12H15N5O. The minimum Gasteiger partial charge on any atom is -0.397 e. The number of carbonyl (C=O) groups is 1. The molecule has 2 aromatic rings. The van der Waals surface area contributed by atoms with Crippen LogP contribution < -0.4 is 16.4 Å². The normalized spacial score (nSPS) is 14.7. The summed E-state index contributed by atoms with van der Waals surface area (Å²) >= 11 is 0. The Morgan fingerprint density at radius 1 is 1.50 bits per heavy atom. The number of aromatic amines is 1. The Labute approximate surface area is 104 Å². The van der Waals surface area contributed by atoms with Crippen LogP contribution in [0.4, 0.5) is 11.4 Å². The van der Waals surface area contributed by atoms with Crippen LogP contribution >= 0.6 is 0 Å². The summed E-state index contributed by atoms with van der Waals surface area (Å²) in [6.07, 6.45) is 3.90. The standard InChI is InChI=1S/C12H15N5O/c13-9-3-7-5-15-17-10(7)4-11(9)14-6-12(18)16-8-1-2-8/h3-5,8,14H,1-2,6,13H2,(H,15,17)(H,16,18). The van der Waals surface area contributed by atoms with Gasteiger partial charge in [-0.1, -0.05) is 0 Å². The number of H-pyrrole nitrogens is 1. The summed E-state index contributed by atoms with van der Waals surface area (Å²) in [5, 5.41) is 13.7. The van der Waals surface area contributed by atoms with E-state index in [-0.39, 0.29) is 12.5 Å². The van der Waals surface area contributed by atoms with Crippen molar-refractivity contribution in [3.63, 3.8) is 0 Å². The van der Waals surface area contributed by atoms with Crippen LogP contribution in [0.3, 0.4) is 0 Å². The van der Waals surface area contributed by atoms with Gasteiger partial charge < -0.3 is 16.4 Å². The molecule has 1 aliphatic rings. The highest BCUT2D eigenvalue weighted by Crippen LogP contribution is 2.24. The molecule has 0 radical (unpaired) electrons. The van der Waals surface area contributed by atoms with E-state index in [2.05, 4.69) is 20.8 Å². The fourth-order valence-corrected chi connectivity index (χ4v) is 1.84. The Kier molecular flexibility index (Phi) is 2.55. The van der Waals surface area contributed by atoms with Gasteiger partial charge in [-0.2, -0.15) is 5.10 Å². The van der Waals surface area contributed by atoms with Crippen molar-refractivity contribution in [2.75, 3.05) is 17.6 Å². The first-order chi connectivity index (χ1) is 8.72. The summed E-state index contributed by atoms with van der Waals surface area (Å²) in [6, 6.07) is 4.08. The number of carbonyl (C=O) groups excluding carboxylic acids is 1. The number of nitrogens with one attached hydrogen (secondary N) is 3. The second-order valence-electron chi connectivity index (χ2n) is 4.59. The Hall–Kier alpha value is -2.24. The number of nitrogens with zero attached hydrogens (tertiary/aromatic N) is 1. The van der Waals surface area contributed by atoms with E-state index in [1.807, 2.05) is 12.1 Å². The molecule has 0 atom stereocenters. The molecule has 1 fully saturated rings. The van der Waals surface area contributed by atoms with E-state index in [1.54, 1.807) is 6.20 Å². The highest BCUT2D eigenvalue weighted by molar-refractivity contribution is 5.90. The van der Waals surface area contributed by atoms with Crippen LogP contribution in [0.25, 0.3) is 10.9 Å². The van der Waals surface area contributed by atoms with E-state index < -0.39 is 0 Å². The van der Waals surface area contributed by atoms with Crippen LogP contribution in [-0.4, -0.2) is 28.7 Å². The lowest BCUT2D eigenvalue weighted by molar-refractivity contribution is -0.119. The summed E-state index contributed by atoms with van der Waals surface area (Å²) in [6.45, 7) is 0.236. The van der Waals surface area contributed by atoms with E-state index in [0.717, 1.165) is 29.4 Å². The number of hydrogen-bond acceptors (Lipinski definition) is 4. The lowest BCUT2D eigenvalue weighted by atomic mass is 10.2. The summed E-state index contributed by atoms with van der Waals surface area (Å²) in [7, 11) is 0. The predicted octanol–water partition coefficient (Wildman–Crippen LogP) is 0.836. The van der Waals surface area contributed by atoms with Crippen molar-refractivity contribution < 1.29 is 4.79 Å². The monoisotopic (exact) mass is 245 g/mol. The Morgan fingerprint density at radius 2 is 2.33 bits per heavy atom. The molecular weight excluding hydrogens is 230 g/mol. The second-order valence-corrected chi connectivity index (χ2v) is 4.59. The van der Waals surface area contributed by atoms with Gasteiger partial charge in [0.1, 0.15) is 0 Å². The van der Waals surface area contributed by atoms with Crippen LogP contribution in [-0.2, 0) is 4.79 Å². The highest BCUT2D eigenvalue weighted by atomic mass is 16.2. The van der Waals surface area contributed by atoms with Gasteiger partial charge in [0.05, 0.1) is 29.6 Å². The summed E-state index contributed by atoms with van der Waals surface area (Å²) in [5.74, 6) is 0.00149. The summed E-state index contributed by atoms with van der Waals surface area (Å²) in [5.41, 5.74) is 8.17. The molecule has 1 aliphatic carbocycles. The molecule has 18 heavy (non-hydrogen) atoms. The summed E-state index contributed by atoms with van der Waals surface area (Å²) < 4.78 is 0. The second kappa shape index (κ2) is 4.21. The topological polar surface area (TPSA) is 95.8 Å². The fourth-order valence-electron chi connectivity index (χ4n) is 1.84. The van der Waals surface area contributed by atoms with Crippen molar-refractivity contribution in [1.82, 2.24) is 15.5 Å². The van der Waals surface area contributed by atoms with Crippen molar-refractivity contribution in [2.45, 2.75) is 18.9 Å². The minimum atomic E-state index is 0.00149. The molecule has 5 N–H and O–H groups in total. The molecule has 0 bridgehead atoms. The average Bonchev–Trinajstić information content (AvgIpc) is 3.03. The minimum absolute atomic E-state index is 0.00149. The first kappa shape index (κ1) is 10.9. The highest BCUT2D eigenvalue weighted by Gasteiger charge is 2.22. The Balaban J connectivity index is 1.68. The quantitative estimate of drug-likeness (QED) is 0.600. The number of benzene rings is 1. The lowest BCUT2D eigenvalue weighted by Crippen LogP contribution is -2.31. The van der Waals surface area contributed by atoms with Crippen molar-refractivity contribution >= 4 is 28.2 Å². The third kappa shape index (κ3) is 2.22. The van der Waals surface area contributed by atoms with Crippen LogP contribution in [0.15, 0.2) is 18.3 Å². The number of amides is 1. The van der Waals surface area contributed by atoms with Gasteiger partial charge in [0.2, 0.25) is 5.91 Å². The largest absolute Gasteiger partial charge is 0.397 e. The number of nitrogen functional groups attached to an aromatic ring is 1. The maximum absolute atomic E-state index is 11.6. The smallest absolute Gasteiger partial charge is 0.239 e. The first-order valence-corrected chi connectivity index (χ1v) is 5.98. The van der Waals surface area contributed by atoms with E-state index >= 15 is 0 Å². The fraction of sp³-hybridized carbons (Fsp3) is 0.333. The third-order valence-electron chi connectivity index (χ3n) is 2.99.